The maximum atomic E-state index is 13.4. The summed E-state index contributed by atoms with van der Waals surface area (Å²) in [4.78, 5) is 24.2. The number of hydrogen-bond acceptors (Lipinski definition) is 6. The van der Waals surface area contributed by atoms with E-state index in [1.807, 2.05) is 58.1 Å². The molecule has 0 aliphatic carbocycles. The van der Waals surface area contributed by atoms with Crippen LogP contribution in [0.1, 0.15) is 12.8 Å². The molecule has 194 valence electrons. The number of aromatic nitrogens is 4. The van der Waals surface area contributed by atoms with Crippen molar-refractivity contribution in [3.8, 4) is 17.2 Å². The van der Waals surface area contributed by atoms with Crippen molar-refractivity contribution in [1.82, 2.24) is 24.6 Å². The minimum atomic E-state index is -0.234. The van der Waals surface area contributed by atoms with E-state index >= 15 is 0 Å². The number of anilines is 2. The van der Waals surface area contributed by atoms with Crippen LogP contribution in [0.15, 0.2) is 79.1 Å². The van der Waals surface area contributed by atoms with Gasteiger partial charge in [0.05, 0.1) is 5.92 Å². The van der Waals surface area contributed by atoms with Crippen molar-refractivity contribution in [2.75, 3.05) is 49.1 Å². The molecule has 0 bridgehead atoms. The van der Waals surface area contributed by atoms with E-state index in [9.17, 15) is 9.18 Å². The Bertz CT molecular complexity index is 1370. The van der Waals surface area contributed by atoms with Gasteiger partial charge in [-0.1, -0.05) is 30.3 Å². The first-order valence-electron chi connectivity index (χ1n) is 13.1. The smallest absolute Gasteiger partial charge is 0.227 e. The molecule has 2 saturated heterocycles. The Labute approximate surface area is 221 Å². The summed E-state index contributed by atoms with van der Waals surface area (Å²) in [6.07, 6.45) is 5.47. The normalized spacial score (nSPS) is 18.0. The Hall–Kier alpha value is -4.27. The van der Waals surface area contributed by atoms with Gasteiger partial charge in [0, 0.05) is 62.9 Å². The number of amides is 1. The zero-order valence-electron chi connectivity index (χ0n) is 21.2. The lowest BCUT2D eigenvalue weighted by Gasteiger charge is -2.40. The number of nitrogens with zero attached hydrogens (tertiary/aromatic N) is 7. The quantitative estimate of drug-likeness (QED) is 0.403. The number of carbonyl (C=O) groups excluding carboxylic acids is 1. The van der Waals surface area contributed by atoms with Gasteiger partial charge in [0.1, 0.15) is 11.6 Å². The maximum absolute atomic E-state index is 13.4. The minimum absolute atomic E-state index is 0.0547. The van der Waals surface area contributed by atoms with Crippen LogP contribution in [0.3, 0.4) is 0 Å². The lowest BCUT2D eigenvalue weighted by Crippen LogP contribution is -2.52. The number of hydrogen-bond donors (Lipinski definition) is 0. The molecule has 1 amide bonds. The first-order valence-corrected chi connectivity index (χ1v) is 13.1. The van der Waals surface area contributed by atoms with Crippen molar-refractivity contribution in [3.63, 3.8) is 0 Å². The fourth-order valence-electron chi connectivity index (χ4n) is 5.39. The standard InChI is InChI=1S/C29H30FN7O/c30-24-8-10-25(11-9-24)34-17-19-35(20-18-34)29(38)23-7-4-15-36(21-23)26-12-13-27(33-32-26)37-16-14-31-28(37)22-5-2-1-3-6-22/h1-3,5-6,8-14,16,23H,4,7,15,17-21H2. The fraction of sp³-hybridized carbons (Fsp3) is 0.310. The Morgan fingerprint density at radius 3 is 2.29 bits per heavy atom. The van der Waals surface area contributed by atoms with E-state index < -0.39 is 0 Å². The third-order valence-electron chi connectivity index (χ3n) is 7.43. The van der Waals surface area contributed by atoms with Crippen LogP contribution in [-0.4, -0.2) is 69.8 Å². The molecule has 1 unspecified atom stereocenters. The highest BCUT2D eigenvalue weighted by atomic mass is 19.1. The third-order valence-corrected chi connectivity index (χ3v) is 7.43. The summed E-state index contributed by atoms with van der Waals surface area (Å²) in [5.41, 5.74) is 2.01. The Balaban J connectivity index is 1.09. The van der Waals surface area contributed by atoms with Crippen LogP contribution >= 0.6 is 0 Å². The van der Waals surface area contributed by atoms with Crippen molar-refractivity contribution in [2.45, 2.75) is 12.8 Å². The van der Waals surface area contributed by atoms with Crippen molar-refractivity contribution in [2.24, 2.45) is 5.92 Å². The summed E-state index contributed by atoms with van der Waals surface area (Å²) in [5.74, 6) is 2.23. The van der Waals surface area contributed by atoms with Gasteiger partial charge < -0.3 is 14.7 Å². The van der Waals surface area contributed by atoms with Crippen molar-refractivity contribution in [1.29, 1.82) is 0 Å². The van der Waals surface area contributed by atoms with E-state index in [0.29, 0.717) is 25.5 Å². The molecule has 9 heteroatoms. The van der Waals surface area contributed by atoms with Gasteiger partial charge in [0.2, 0.25) is 5.91 Å². The Morgan fingerprint density at radius 1 is 0.816 bits per heavy atom. The van der Waals surface area contributed by atoms with Gasteiger partial charge in [-0.3, -0.25) is 9.36 Å². The number of piperazine rings is 1. The molecule has 2 aromatic carbocycles. The number of piperidine rings is 1. The first-order chi connectivity index (χ1) is 18.7. The van der Waals surface area contributed by atoms with Crippen LogP contribution < -0.4 is 9.80 Å². The predicted octanol–water partition coefficient (Wildman–Crippen LogP) is 4.03. The summed E-state index contributed by atoms with van der Waals surface area (Å²) in [6.45, 7) is 4.35. The number of rotatable bonds is 5. The highest BCUT2D eigenvalue weighted by molar-refractivity contribution is 5.80. The van der Waals surface area contributed by atoms with E-state index in [4.69, 9.17) is 0 Å². The minimum Gasteiger partial charge on any atom is -0.368 e. The van der Waals surface area contributed by atoms with Crippen LogP contribution in [0, 0.1) is 11.7 Å². The lowest BCUT2D eigenvalue weighted by molar-refractivity contribution is -0.136. The third kappa shape index (κ3) is 4.96. The highest BCUT2D eigenvalue weighted by Gasteiger charge is 2.31. The van der Waals surface area contributed by atoms with E-state index in [2.05, 4.69) is 25.0 Å². The second-order valence-corrected chi connectivity index (χ2v) is 9.81. The molecule has 0 spiro atoms. The molecule has 6 rings (SSSR count). The number of halogens is 1. The van der Waals surface area contributed by atoms with Crippen molar-refractivity contribution < 1.29 is 9.18 Å². The molecule has 8 nitrogen and oxygen atoms in total. The Kier molecular flexibility index (Phi) is 6.73. The molecule has 38 heavy (non-hydrogen) atoms. The van der Waals surface area contributed by atoms with E-state index in [0.717, 1.165) is 55.4 Å². The summed E-state index contributed by atoms with van der Waals surface area (Å²) in [6, 6.07) is 20.5. The molecule has 2 fully saturated rings. The van der Waals surface area contributed by atoms with Crippen LogP contribution in [0.5, 0.6) is 0 Å². The molecule has 0 radical (unpaired) electrons. The second kappa shape index (κ2) is 10.6. The zero-order chi connectivity index (χ0) is 25.9. The van der Waals surface area contributed by atoms with Gasteiger partial charge in [0.15, 0.2) is 11.6 Å². The van der Waals surface area contributed by atoms with Gasteiger partial charge in [-0.2, -0.15) is 0 Å². The molecule has 4 aromatic rings. The topological polar surface area (TPSA) is 70.4 Å². The fourth-order valence-corrected chi connectivity index (χ4v) is 5.39. The molecule has 2 aliphatic rings. The van der Waals surface area contributed by atoms with Crippen molar-refractivity contribution in [3.05, 3.63) is 84.9 Å². The lowest BCUT2D eigenvalue weighted by atomic mass is 9.96. The van der Waals surface area contributed by atoms with Gasteiger partial charge in [-0.15, -0.1) is 10.2 Å². The average Bonchev–Trinajstić information content (AvgIpc) is 3.48. The summed E-state index contributed by atoms with van der Waals surface area (Å²) in [7, 11) is 0. The molecular formula is C29H30FN7O. The van der Waals surface area contributed by atoms with Crippen molar-refractivity contribution >= 4 is 17.4 Å². The second-order valence-electron chi connectivity index (χ2n) is 9.81. The van der Waals surface area contributed by atoms with Crippen LogP contribution in [0.25, 0.3) is 17.2 Å². The molecular weight excluding hydrogens is 481 g/mol. The van der Waals surface area contributed by atoms with Crippen LogP contribution in [-0.2, 0) is 4.79 Å². The van der Waals surface area contributed by atoms with E-state index in [1.165, 1.54) is 12.1 Å². The summed E-state index contributed by atoms with van der Waals surface area (Å²) >= 11 is 0. The monoisotopic (exact) mass is 511 g/mol. The number of imidazole rings is 1. The molecule has 2 aliphatic heterocycles. The van der Waals surface area contributed by atoms with Crippen LogP contribution in [0.4, 0.5) is 15.9 Å². The van der Waals surface area contributed by atoms with E-state index in [-0.39, 0.29) is 17.6 Å². The van der Waals surface area contributed by atoms with Gasteiger partial charge in [-0.25, -0.2) is 9.37 Å². The van der Waals surface area contributed by atoms with Crippen LogP contribution in [0.2, 0.25) is 0 Å². The molecule has 1 atom stereocenters. The highest BCUT2D eigenvalue weighted by Crippen LogP contribution is 2.26. The summed E-state index contributed by atoms with van der Waals surface area (Å²) in [5, 5.41) is 9.01. The Morgan fingerprint density at radius 2 is 1.55 bits per heavy atom. The maximum Gasteiger partial charge on any atom is 0.227 e. The molecule has 0 N–H and O–H groups in total. The largest absolute Gasteiger partial charge is 0.368 e. The summed E-state index contributed by atoms with van der Waals surface area (Å²) < 4.78 is 15.2. The number of carbonyl (C=O) groups is 1. The van der Waals surface area contributed by atoms with Gasteiger partial charge >= 0.3 is 0 Å². The number of benzene rings is 2. The SMILES string of the molecule is O=C(C1CCCN(c2ccc(-n3ccnc3-c3ccccc3)nn2)C1)N1CCN(c2ccc(F)cc2)CC1. The molecule has 4 heterocycles. The predicted molar refractivity (Wildman–Crippen MR) is 145 cm³/mol. The van der Waals surface area contributed by atoms with Gasteiger partial charge in [-0.05, 0) is 49.2 Å². The first kappa shape index (κ1) is 24.1. The molecule has 0 saturated carbocycles. The average molecular weight is 512 g/mol. The van der Waals surface area contributed by atoms with E-state index in [1.54, 1.807) is 18.3 Å². The molecule has 2 aromatic heterocycles. The zero-order valence-corrected chi connectivity index (χ0v) is 21.2. The van der Waals surface area contributed by atoms with Gasteiger partial charge in [0.25, 0.3) is 0 Å².